The van der Waals surface area contributed by atoms with Gasteiger partial charge in [-0.25, -0.2) is 0 Å². The molecule has 1 aliphatic rings. The van der Waals surface area contributed by atoms with E-state index in [0.29, 0.717) is 0 Å². The Balaban J connectivity index is 2.67. The van der Waals surface area contributed by atoms with Gasteiger partial charge in [0.1, 0.15) is 0 Å². The second kappa shape index (κ2) is 3.55. The predicted molar refractivity (Wildman–Crippen MR) is 45.6 cm³/mol. The van der Waals surface area contributed by atoms with Gasteiger partial charge in [0.05, 0.1) is 0 Å². The molecule has 0 amide bonds. The SMILES string of the molecule is C/C1=C(\C)CCCCN=C1. The molecule has 10 heavy (non-hydrogen) atoms. The van der Waals surface area contributed by atoms with Crippen molar-refractivity contribution in [2.24, 2.45) is 4.99 Å². The molecule has 0 unspecified atom stereocenters. The smallest absolute Gasteiger partial charge is 0.0389 e. The highest BCUT2D eigenvalue weighted by molar-refractivity contribution is 5.78. The van der Waals surface area contributed by atoms with E-state index in [1.165, 1.54) is 30.4 Å². The summed E-state index contributed by atoms with van der Waals surface area (Å²) in [4.78, 5) is 4.28. The van der Waals surface area contributed by atoms with E-state index in [2.05, 4.69) is 18.8 Å². The highest BCUT2D eigenvalue weighted by atomic mass is 14.7. The maximum atomic E-state index is 4.28. The fourth-order valence-electron chi connectivity index (χ4n) is 1.10. The molecule has 0 atom stereocenters. The molecule has 1 nitrogen and oxygen atoms in total. The quantitative estimate of drug-likeness (QED) is 0.486. The number of hydrogen-bond acceptors (Lipinski definition) is 1. The molecule has 1 heteroatoms. The highest BCUT2D eigenvalue weighted by Gasteiger charge is 1.97. The molecule has 0 radical (unpaired) electrons. The third kappa shape index (κ3) is 1.98. The molecule has 0 saturated heterocycles. The van der Waals surface area contributed by atoms with Crippen molar-refractivity contribution >= 4 is 6.21 Å². The molecule has 0 fully saturated rings. The first-order valence-corrected chi connectivity index (χ1v) is 3.97. The van der Waals surface area contributed by atoms with Crippen molar-refractivity contribution in [3.8, 4) is 0 Å². The zero-order chi connectivity index (χ0) is 7.40. The number of nitrogens with zero attached hydrogens (tertiary/aromatic N) is 1. The maximum Gasteiger partial charge on any atom is 0.0389 e. The summed E-state index contributed by atoms with van der Waals surface area (Å²) >= 11 is 0. The van der Waals surface area contributed by atoms with Gasteiger partial charge in [0.25, 0.3) is 0 Å². The fourth-order valence-corrected chi connectivity index (χ4v) is 1.10. The third-order valence-electron chi connectivity index (χ3n) is 2.05. The summed E-state index contributed by atoms with van der Waals surface area (Å²) in [7, 11) is 0. The van der Waals surface area contributed by atoms with Crippen LogP contribution >= 0.6 is 0 Å². The Bertz CT molecular complexity index is 166. The standard InChI is InChI=1S/C9H15N/c1-8-5-3-4-6-10-7-9(8)2/h7H,3-6H2,1-2H3/b9-8-,10-7?. The first kappa shape index (κ1) is 7.52. The largest absolute Gasteiger partial charge is 0.293 e. The van der Waals surface area contributed by atoms with Gasteiger partial charge >= 0.3 is 0 Å². The normalized spacial score (nSPS) is 27.8. The van der Waals surface area contributed by atoms with Gasteiger partial charge in [-0.3, -0.25) is 4.99 Å². The number of rotatable bonds is 0. The molecular weight excluding hydrogens is 122 g/mol. The van der Waals surface area contributed by atoms with Crippen molar-refractivity contribution < 1.29 is 0 Å². The second-order valence-electron chi connectivity index (χ2n) is 2.96. The topological polar surface area (TPSA) is 12.4 Å². The van der Waals surface area contributed by atoms with Gasteiger partial charge in [-0.15, -0.1) is 0 Å². The number of hydrogen-bond donors (Lipinski definition) is 0. The molecule has 0 bridgehead atoms. The lowest BCUT2D eigenvalue weighted by molar-refractivity contribution is 0.733. The van der Waals surface area contributed by atoms with Crippen molar-refractivity contribution in [3.05, 3.63) is 11.1 Å². The molecular formula is C9H15N. The Labute approximate surface area is 62.9 Å². The predicted octanol–water partition coefficient (Wildman–Crippen LogP) is 2.58. The molecule has 1 heterocycles. The van der Waals surface area contributed by atoms with Crippen LogP contribution in [0.1, 0.15) is 33.1 Å². The third-order valence-corrected chi connectivity index (χ3v) is 2.05. The van der Waals surface area contributed by atoms with E-state index in [0.717, 1.165) is 6.54 Å². The molecule has 0 N–H and O–H groups in total. The molecule has 0 saturated carbocycles. The Hall–Kier alpha value is -0.590. The summed E-state index contributed by atoms with van der Waals surface area (Å²) in [5.74, 6) is 0. The molecule has 0 aliphatic carbocycles. The van der Waals surface area contributed by atoms with Crippen molar-refractivity contribution in [3.63, 3.8) is 0 Å². The number of aliphatic imine (C=N–C) groups is 1. The highest BCUT2D eigenvalue weighted by Crippen LogP contribution is 2.12. The maximum absolute atomic E-state index is 4.28. The van der Waals surface area contributed by atoms with Crippen LogP contribution in [-0.4, -0.2) is 12.8 Å². The lowest BCUT2D eigenvalue weighted by Gasteiger charge is -2.06. The minimum Gasteiger partial charge on any atom is -0.293 e. The van der Waals surface area contributed by atoms with Crippen molar-refractivity contribution in [2.75, 3.05) is 6.54 Å². The lowest BCUT2D eigenvalue weighted by atomic mass is 10.0. The van der Waals surface area contributed by atoms with E-state index in [1.807, 2.05) is 6.21 Å². The van der Waals surface area contributed by atoms with Crippen molar-refractivity contribution in [1.29, 1.82) is 0 Å². The van der Waals surface area contributed by atoms with Crippen LogP contribution in [0.25, 0.3) is 0 Å². The first-order chi connectivity index (χ1) is 4.80. The van der Waals surface area contributed by atoms with E-state index in [1.54, 1.807) is 0 Å². The average Bonchev–Trinajstić information content (AvgIpc) is 1.92. The minimum absolute atomic E-state index is 1.02. The zero-order valence-electron chi connectivity index (χ0n) is 6.85. The molecule has 56 valence electrons. The molecule has 0 aromatic rings. The summed E-state index contributed by atoms with van der Waals surface area (Å²) in [6, 6.07) is 0. The van der Waals surface area contributed by atoms with Gasteiger partial charge < -0.3 is 0 Å². The Morgan fingerprint density at radius 3 is 2.90 bits per heavy atom. The number of allylic oxidation sites excluding steroid dienone is 2. The van der Waals surface area contributed by atoms with E-state index >= 15 is 0 Å². The first-order valence-electron chi connectivity index (χ1n) is 3.97. The summed E-state index contributed by atoms with van der Waals surface area (Å²) in [6.45, 7) is 5.36. The van der Waals surface area contributed by atoms with Crippen molar-refractivity contribution in [2.45, 2.75) is 33.1 Å². The van der Waals surface area contributed by atoms with Gasteiger partial charge in [-0.05, 0) is 38.7 Å². The summed E-state index contributed by atoms with van der Waals surface area (Å²) in [6.07, 6.45) is 5.83. The van der Waals surface area contributed by atoms with E-state index in [4.69, 9.17) is 0 Å². The van der Waals surface area contributed by atoms with Crippen LogP contribution in [0.5, 0.6) is 0 Å². The van der Waals surface area contributed by atoms with Gasteiger partial charge in [-0.2, -0.15) is 0 Å². The van der Waals surface area contributed by atoms with E-state index in [-0.39, 0.29) is 0 Å². The summed E-state index contributed by atoms with van der Waals surface area (Å²) < 4.78 is 0. The average molecular weight is 137 g/mol. The van der Waals surface area contributed by atoms with Crippen LogP contribution in [-0.2, 0) is 0 Å². The monoisotopic (exact) mass is 137 g/mol. The van der Waals surface area contributed by atoms with Crippen molar-refractivity contribution in [1.82, 2.24) is 0 Å². The lowest BCUT2D eigenvalue weighted by Crippen LogP contribution is -1.93. The van der Waals surface area contributed by atoms with Gasteiger partial charge in [0.15, 0.2) is 0 Å². The Kier molecular flexibility index (Phi) is 2.67. The van der Waals surface area contributed by atoms with Crippen LogP contribution in [0.4, 0.5) is 0 Å². The Morgan fingerprint density at radius 2 is 2.10 bits per heavy atom. The summed E-state index contributed by atoms with van der Waals surface area (Å²) in [5, 5.41) is 0. The minimum atomic E-state index is 1.02. The molecule has 1 aliphatic heterocycles. The van der Waals surface area contributed by atoms with Crippen LogP contribution in [0, 0.1) is 0 Å². The van der Waals surface area contributed by atoms with Crippen LogP contribution in [0.3, 0.4) is 0 Å². The zero-order valence-corrected chi connectivity index (χ0v) is 6.85. The van der Waals surface area contributed by atoms with Gasteiger partial charge in [-0.1, -0.05) is 5.57 Å². The molecule has 0 aromatic carbocycles. The van der Waals surface area contributed by atoms with Gasteiger partial charge in [0.2, 0.25) is 0 Å². The van der Waals surface area contributed by atoms with E-state index < -0.39 is 0 Å². The summed E-state index contributed by atoms with van der Waals surface area (Å²) in [5.41, 5.74) is 2.86. The fraction of sp³-hybridized carbons (Fsp3) is 0.667. The molecule has 1 rings (SSSR count). The van der Waals surface area contributed by atoms with E-state index in [9.17, 15) is 0 Å². The van der Waals surface area contributed by atoms with Gasteiger partial charge in [0, 0.05) is 12.8 Å². The Morgan fingerprint density at radius 1 is 1.30 bits per heavy atom. The second-order valence-corrected chi connectivity index (χ2v) is 2.96. The van der Waals surface area contributed by atoms with Crippen LogP contribution in [0.2, 0.25) is 0 Å². The molecule has 0 spiro atoms. The molecule has 0 aromatic heterocycles. The van der Waals surface area contributed by atoms with Crippen LogP contribution in [0.15, 0.2) is 16.1 Å². The van der Waals surface area contributed by atoms with Crippen LogP contribution < -0.4 is 0 Å².